The number of rotatable bonds is 5. The van der Waals surface area contributed by atoms with E-state index in [4.69, 9.17) is 0 Å². The topological polar surface area (TPSA) is 55.2 Å². The van der Waals surface area contributed by atoms with Crippen molar-refractivity contribution in [2.75, 3.05) is 18.1 Å². The number of benzene rings is 1. The monoisotopic (exact) mass is 270 g/mol. The lowest BCUT2D eigenvalue weighted by Gasteiger charge is -2.40. The molecule has 0 bridgehead atoms. The maximum absolute atomic E-state index is 13.2. The van der Waals surface area contributed by atoms with Crippen molar-refractivity contribution in [3.8, 4) is 0 Å². The van der Waals surface area contributed by atoms with Crippen molar-refractivity contribution in [3.63, 3.8) is 0 Å². The van der Waals surface area contributed by atoms with E-state index in [0.29, 0.717) is 5.69 Å². The lowest BCUT2D eigenvalue weighted by atomic mass is 9.84. The van der Waals surface area contributed by atoms with E-state index in [1.807, 2.05) is 0 Å². The van der Waals surface area contributed by atoms with Gasteiger partial charge in [0, 0.05) is 23.0 Å². The molecule has 18 heavy (non-hydrogen) atoms. The Balaban J connectivity index is 2.07. The van der Waals surface area contributed by atoms with Gasteiger partial charge < -0.3 is 5.32 Å². The first-order valence-corrected chi connectivity index (χ1v) is 7.01. The first-order valence-electron chi connectivity index (χ1n) is 5.79. The third-order valence-electron chi connectivity index (χ3n) is 3.41. The summed E-state index contributed by atoms with van der Waals surface area (Å²) in [6.45, 7) is 0.717. The van der Waals surface area contributed by atoms with Crippen LogP contribution in [-0.2, 0) is 0 Å². The van der Waals surface area contributed by atoms with Crippen LogP contribution in [0.2, 0.25) is 0 Å². The number of anilines is 1. The van der Waals surface area contributed by atoms with Crippen LogP contribution in [0, 0.1) is 15.9 Å². The van der Waals surface area contributed by atoms with Gasteiger partial charge in [0.25, 0.3) is 5.69 Å². The number of nitrogens with one attached hydrogen (secondary N) is 1. The summed E-state index contributed by atoms with van der Waals surface area (Å²) < 4.78 is 13.4. The van der Waals surface area contributed by atoms with Crippen LogP contribution in [0.5, 0.6) is 0 Å². The minimum absolute atomic E-state index is 0.209. The van der Waals surface area contributed by atoms with Crippen molar-refractivity contribution in [2.24, 2.45) is 0 Å². The molecule has 1 fully saturated rings. The lowest BCUT2D eigenvalue weighted by molar-refractivity contribution is -0.385. The van der Waals surface area contributed by atoms with Crippen LogP contribution < -0.4 is 5.32 Å². The molecule has 1 aromatic rings. The molecule has 0 atom stereocenters. The minimum atomic E-state index is -0.585. The smallest absolute Gasteiger partial charge is 0.274 e. The van der Waals surface area contributed by atoms with Gasteiger partial charge in [-0.2, -0.15) is 11.8 Å². The van der Waals surface area contributed by atoms with E-state index in [1.165, 1.54) is 18.6 Å². The molecule has 0 spiro atoms. The minimum Gasteiger partial charge on any atom is -0.383 e. The largest absolute Gasteiger partial charge is 0.383 e. The molecule has 98 valence electrons. The van der Waals surface area contributed by atoms with Gasteiger partial charge in [-0.15, -0.1) is 0 Å². The van der Waals surface area contributed by atoms with Crippen LogP contribution in [-0.4, -0.2) is 22.5 Å². The van der Waals surface area contributed by atoms with E-state index in [-0.39, 0.29) is 10.4 Å². The number of nitrogens with zero attached hydrogens (tertiary/aromatic N) is 1. The van der Waals surface area contributed by atoms with Crippen LogP contribution in [0.25, 0.3) is 0 Å². The van der Waals surface area contributed by atoms with Gasteiger partial charge in [0.2, 0.25) is 0 Å². The SMILES string of the molecule is CSC1(CNc2cc(F)cc([N+](=O)[O-])c2)CCC1. The normalized spacial score (nSPS) is 17.0. The molecular weight excluding hydrogens is 255 g/mol. The lowest BCUT2D eigenvalue weighted by Crippen LogP contribution is -2.40. The average molecular weight is 270 g/mol. The zero-order chi connectivity index (χ0) is 13.2. The Kier molecular flexibility index (Phi) is 3.75. The second-order valence-electron chi connectivity index (χ2n) is 4.55. The second-order valence-corrected chi connectivity index (χ2v) is 5.82. The highest BCUT2D eigenvalue weighted by Crippen LogP contribution is 2.42. The summed E-state index contributed by atoms with van der Waals surface area (Å²) in [5.41, 5.74) is 0.256. The summed E-state index contributed by atoms with van der Waals surface area (Å²) >= 11 is 1.80. The van der Waals surface area contributed by atoms with E-state index in [9.17, 15) is 14.5 Å². The van der Waals surface area contributed by atoms with Crippen molar-refractivity contribution in [3.05, 3.63) is 34.1 Å². The zero-order valence-electron chi connectivity index (χ0n) is 10.1. The van der Waals surface area contributed by atoms with E-state index in [0.717, 1.165) is 25.5 Å². The van der Waals surface area contributed by atoms with Gasteiger partial charge in [-0.05, 0) is 25.2 Å². The summed E-state index contributed by atoms with van der Waals surface area (Å²) in [5.74, 6) is -0.585. The molecule has 0 radical (unpaired) electrons. The Bertz CT molecular complexity index is 458. The summed E-state index contributed by atoms with van der Waals surface area (Å²) in [4.78, 5) is 10.1. The highest BCUT2D eigenvalue weighted by molar-refractivity contribution is 8.00. The van der Waals surface area contributed by atoms with E-state index in [2.05, 4.69) is 11.6 Å². The first-order chi connectivity index (χ1) is 8.54. The second kappa shape index (κ2) is 5.14. The standard InChI is InChI=1S/C12H15FN2O2S/c1-18-12(3-2-4-12)8-14-10-5-9(13)6-11(7-10)15(16)17/h5-7,14H,2-4,8H2,1H3. The summed E-state index contributed by atoms with van der Waals surface area (Å²) in [7, 11) is 0. The van der Waals surface area contributed by atoms with Crippen LogP contribution >= 0.6 is 11.8 Å². The Morgan fingerprint density at radius 2 is 2.22 bits per heavy atom. The molecule has 0 unspecified atom stereocenters. The predicted octanol–water partition coefficient (Wildman–Crippen LogP) is 3.43. The van der Waals surface area contributed by atoms with Crippen molar-refractivity contribution < 1.29 is 9.31 Å². The fourth-order valence-electron chi connectivity index (χ4n) is 2.07. The maximum Gasteiger partial charge on any atom is 0.274 e. The molecule has 0 aliphatic heterocycles. The highest BCUT2D eigenvalue weighted by atomic mass is 32.2. The molecule has 2 rings (SSSR count). The number of thioether (sulfide) groups is 1. The number of hydrogen-bond acceptors (Lipinski definition) is 4. The molecule has 1 aliphatic carbocycles. The van der Waals surface area contributed by atoms with Gasteiger partial charge in [-0.25, -0.2) is 4.39 Å². The quantitative estimate of drug-likeness (QED) is 0.658. The van der Waals surface area contributed by atoms with Gasteiger partial charge in [0.05, 0.1) is 11.0 Å². The fraction of sp³-hybridized carbons (Fsp3) is 0.500. The third kappa shape index (κ3) is 2.75. The zero-order valence-corrected chi connectivity index (χ0v) is 10.9. The van der Waals surface area contributed by atoms with E-state index >= 15 is 0 Å². The first kappa shape index (κ1) is 13.1. The van der Waals surface area contributed by atoms with Crippen molar-refractivity contribution in [2.45, 2.75) is 24.0 Å². The Morgan fingerprint density at radius 3 is 2.72 bits per heavy atom. The summed E-state index contributed by atoms with van der Waals surface area (Å²) in [6, 6.07) is 3.59. The highest BCUT2D eigenvalue weighted by Gasteiger charge is 2.35. The Hall–Kier alpha value is -1.30. The van der Waals surface area contributed by atoms with Gasteiger partial charge in [0.1, 0.15) is 5.82 Å². The van der Waals surface area contributed by atoms with Crippen LogP contribution in [0.15, 0.2) is 18.2 Å². The molecule has 0 amide bonds. The van der Waals surface area contributed by atoms with Crippen LogP contribution in [0.3, 0.4) is 0 Å². The van der Waals surface area contributed by atoms with Gasteiger partial charge in [-0.1, -0.05) is 6.42 Å². The maximum atomic E-state index is 13.2. The Morgan fingerprint density at radius 1 is 1.50 bits per heavy atom. The average Bonchev–Trinajstić information content (AvgIpc) is 2.27. The number of halogens is 1. The van der Waals surface area contributed by atoms with Gasteiger partial charge in [0.15, 0.2) is 0 Å². The molecule has 6 heteroatoms. The summed E-state index contributed by atoms with van der Waals surface area (Å²) in [6.07, 6.45) is 5.55. The number of hydrogen-bond donors (Lipinski definition) is 1. The molecule has 0 aromatic heterocycles. The van der Waals surface area contributed by atoms with Crippen molar-refractivity contribution in [1.29, 1.82) is 0 Å². The molecule has 0 saturated heterocycles. The summed E-state index contributed by atoms with van der Waals surface area (Å²) in [5, 5.41) is 13.7. The number of nitro benzene ring substituents is 1. The van der Waals surface area contributed by atoms with Crippen LogP contribution in [0.4, 0.5) is 15.8 Å². The van der Waals surface area contributed by atoms with E-state index < -0.39 is 10.7 Å². The molecule has 4 nitrogen and oxygen atoms in total. The number of nitro groups is 1. The number of non-ortho nitro benzene ring substituents is 1. The predicted molar refractivity (Wildman–Crippen MR) is 71.6 cm³/mol. The van der Waals surface area contributed by atoms with Crippen LogP contribution in [0.1, 0.15) is 19.3 Å². The molecule has 1 aromatic carbocycles. The molecule has 1 aliphatic rings. The van der Waals surface area contributed by atoms with Gasteiger partial charge in [-0.3, -0.25) is 10.1 Å². The van der Waals surface area contributed by atoms with Crippen molar-refractivity contribution in [1.82, 2.24) is 0 Å². The fourth-order valence-corrected chi connectivity index (χ4v) is 2.98. The molecule has 1 saturated carbocycles. The van der Waals surface area contributed by atoms with Crippen molar-refractivity contribution >= 4 is 23.1 Å². The molecule has 1 N–H and O–H groups in total. The van der Waals surface area contributed by atoms with E-state index in [1.54, 1.807) is 11.8 Å². The molecular formula is C12H15FN2O2S. The Labute approximate surface area is 109 Å². The molecule has 0 heterocycles. The third-order valence-corrected chi connectivity index (χ3v) is 4.82. The van der Waals surface area contributed by atoms with Gasteiger partial charge >= 0.3 is 0 Å².